The molecule has 0 bridgehead atoms. The van der Waals surface area contributed by atoms with Crippen molar-refractivity contribution in [2.24, 2.45) is 0 Å². The van der Waals surface area contributed by atoms with E-state index in [1.807, 2.05) is 0 Å². The summed E-state index contributed by atoms with van der Waals surface area (Å²) in [5.74, 6) is -7.88. The number of carbonyl (C=O) groups excluding carboxylic acids is 2. The van der Waals surface area contributed by atoms with Crippen LogP contribution in [0.1, 0.15) is 40.0 Å². The van der Waals surface area contributed by atoms with Gasteiger partial charge in [0.2, 0.25) is 0 Å². The van der Waals surface area contributed by atoms with Crippen molar-refractivity contribution in [3.05, 3.63) is 93.8 Å². The molecule has 1 heterocycles. The van der Waals surface area contributed by atoms with E-state index < -0.39 is 84.9 Å². The summed E-state index contributed by atoms with van der Waals surface area (Å²) in [4.78, 5) is 46.2. The highest BCUT2D eigenvalue weighted by Gasteiger charge is 2.35. The number of phosphoric acid groups is 1. The molecule has 1 atom stereocenters. The van der Waals surface area contributed by atoms with Crippen LogP contribution in [0.15, 0.2) is 42.5 Å². The average Bonchev–Trinajstić information content (AvgIpc) is 2.87. The zero-order chi connectivity index (χ0) is 29.5. The highest BCUT2D eigenvalue weighted by molar-refractivity contribution is 7.46. The molecule has 1 unspecified atom stereocenters. The summed E-state index contributed by atoms with van der Waals surface area (Å²) >= 11 is 0. The number of halogens is 5. The van der Waals surface area contributed by atoms with E-state index in [4.69, 9.17) is 9.79 Å². The molecule has 3 aromatic carbocycles. The van der Waals surface area contributed by atoms with Crippen molar-refractivity contribution in [3.8, 4) is 5.75 Å². The first-order valence-electron chi connectivity index (χ1n) is 11.5. The molecule has 15 heteroatoms. The van der Waals surface area contributed by atoms with Crippen molar-refractivity contribution in [2.75, 3.05) is 11.9 Å². The number of phosphoric ester groups is 1. The first-order chi connectivity index (χ1) is 18.7. The van der Waals surface area contributed by atoms with Gasteiger partial charge in [-0.3, -0.25) is 19.5 Å². The number of rotatable bonds is 7. The Kier molecular flexibility index (Phi) is 7.88. The SMILES string of the molecule is CC1c2ccc(C(=O)NCc3c(F)cc(F)cc3F)cc2N(Cc2c(F)ccc(OP(=O)(O)O)c2F)C(=O)N1C. The van der Waals surface area contributed by atoms with Crippen molar-refractivity contribution in [2.45, 2.75) is 26.1 Å². The number of carbonyl (C=O) groups is 2. The molecule has 3 N–H and O–H groups in total. The minimum Gasteiger partial charge on any atom is -0.401 e. The maximum absolute atomic E-state index is 15.0. The predicted molar refractivity (Wildman–Crippen MR) is 131 cm³/mol. The van der Waals surface area contributed by atoms with E-state index in [1.54, 1.807) is 6.92 Å². The van der Waals surface area contributed by atoms with Gasteiger partial charge in [-0.1, -0.05) is 6.07 Å². The van der Waals surface area contributed by atoms with E-state index >= 15 is 4.39 Å². The van der Waals surface area contributed by atoms with Crippen LogP contribution in [0.5, 0.6) is 5.75 Å². The Morgan fingerprint density at radius 2 is 1.65 bits per heavy atom. The quantitative estimate of drug-likeness (QED) is 0.268. The second-order valence-corrected chi connectivity index (χ2v) is 10.0. The summed E-state index contributed by atoms with van der Waals surface area (Å²) < 4.78 is 86.3. The zero-order valence-electron chi connectivity index (χ0n) is 20.8. The van der Waals surface area contributed by atoms with Gasteiger partial charge in [0.15, 0.2) is 11.6 Å². The summed E-state index contributed by atoms with van der Waals surface area (Å²) in [6.45, 7) is 0.290. The lowest BCUT2D eigenvalue weighted by atomic mass is 9.98. The number of benzene rings is 3. The summed E-state index contributed by atoms with van der Waals surface area (Å²) in [6, 6.07) is 5.18. The fraction of sp³-hybridized carbons (Fsp3) is 0.200. The maximum Gasteiger partial charge on any atom is 0.524 e. The van der Waals surface area contributed by atoms with Crippen LogP contribution in [0, 0.1) is 29.1 Å². The second kappa shape index (κ2) is 10.9. The fourth-order valence-corrected chi connectivity index (χ4v) is 4.58. The van der Waals surface area contributed by atoms with Crippen molar-refractivity contribution >= 4 is 25.4 Å². The molecule has 0 saturated carbocycles. The lowest BCUT2D eigenvalue weighted by Gasteiger charge is -2.39. The standard InChI is InChI=1S/C25H21F5N3O6P/c1-12-15-4-3-13(24(34)31-10-16-19(28)8-14(26)9-20(16)29)7-21(15)33(25(35)32(12)2)11-17-18(27)5-6-22(23(17)30)39-40(36,37)38/h3-9,12H,10-11H2,1-2H3,(H,31,34)(H2,36,37,38). The Balaban J connectivity index is 1.68. The Morgan fingerprint density at radius 3 is 2.27 bits per heavy atom. The smallest absolute Gasteiger partial charge is 0.401 e. The van der Waals surface area contributed by atoms with E-state index in [-0.39, 0.29) is 11.3 Å². The Morgan fingerprint density at radius 1 is 1.00 bits per heavy atom. The molecule has 0 saturated heterocycles. The third-order valence-corrected chi connectivity index (χ3v) is 6.80. The van der Waals surface area contributed by atoms with Crippen molar-refractivity contribution in [3.63, 3.8) is 0 Å². The van der Waals surface area contributed by atoms with Gasteiger partial charge >= 0.3 is 13.9 Å². The van der Waals surface area contributed by atoms with Gasteiger partial charge in [0.05, 0.1) is 18.3 Å². The van der Waals surface area contributed by atoms with Crippen molar-refractivity contribution < 1.29 is 50.4 Å². The highest BCUT2D eigenvalue weighted by Crippen LogP contribution is 2.41. The molecule has 9 nitrogen and oxygen atoms in total. The Labute approximate surface area is 224 Å². The van der Waals surface area contributed by atoms with Crippen LogP contribution in [-0.2, 0) is 17.7 Å². The topological polar surface area (TPSA) is 119 Å². The number of nitrogens with zero attached hydrogens (tertiary/aromatic N) is 2. The number of fused-ring (bicyclic) bond motifs is 1. The first-order valence-corrected chi connectivity index (χ1v) is 13.0. The molecule has 212 valence electrons. The van der Waals surface area contributed by atoms with Crippen LogP contribution in [0.25, 0.3) is 0 Å². The van der Waals surface area contributed by atoms with E-state index in [1.165, 1.54) is 30.1 Å². The van der Waals surface area contributed by atoms with Gasteiger partial charge in [-0.2, -0.15) is 0 Å². The molecule has 3 aromatic rings. The Bertz CT molecular complexity index is 1540. The molecular weight excluding hydrogens is 564 g/mol. The van der Waals surface area contributed by atoms with Crippen molar-refractivity contribution in [1.29, 1.82) is 0 Å². The van der Waals surface area contributed by atoms with Crippen molar-refractivity contribution in [1.82, 2.24) is 10.2 Å². The molecule has 0 aliphatic carbocycles. The second-order valence-electron chi connectivity index (χ2n) is 8.88. The number of hydrogen-bond acceptors (Lipinski definition) is 4. The van der Waals surface area contributed by atoms with E-state index in [0.29, 0.717) is 29.8 Å². The third-order valence-electron chi connectivity index (χ3n) is 6.36. The van der Waals surface area contributed by atoms with Crippen LogP contribution in [-0.4, -0.2) is 33.7 Å². The molecule has 0 fully saturated rings. The molecule has 0 aromatic heterocycles. The van der Waals surface area contributed by atoms with Gasteiger partial charge in [-0.15, -0.1) is 0 Å². The predicted octanol–water partition coefficient (Wildman–Crippen LogP) is 4.92. The molecule has 4 rings (SSSR count). The van der Waals surface area contributed by atoms with E-state index in [2.05, 4.69) is 9.84 Å². The first kappa shape index (κ1) is 29.0. The lowest BCUT2D eigenvalue weighted by Crippen LogP contribution is -2.47. The molecular formula is C25H21F5N3O6P. The molecule has 40 heavy (non-hydrogen) atoms. The summed E-state index contributed by atoms with van der Waals surface area (Å²) in [7, 11) is -3.75. The number of anilines is 1. The number of urea groups is 1. The third kappa shape index (κ3) is 5.79. The van der Waals surface area contributed by atoms with Crippen LogP contribution in [0.4, 0.5) is 32.4 Å². The summed E-state index contributed by atoms with van der Waals surface area (Å²) in [6.07, 6.45) is 0. The largest absolute Gasteiger partial charge is 0.524 e. The monoisotopic (exact) mass is 585 g/mol. The van der Waals surface area contributed by atoms with Crippen LogP contribution in [0.3, 0.4) is 0 Å². The minimum absolute atomic E-state index is 0.0734. The number of nitrogens with one attached hydrogen (secondary N) is 1. The van der Waals surface area contributed by atoms with E-state index in [9.17, 15) is 31.7 Å². The number of amides is 3. The molecule has 3 amide bonds. The molecule has 0 radical (unpaired) electrons. The van der Waals surface area contributed by atoms with Gasteiger partial charge in [-0.05, 0) is 36.8 Å². The summed E-state index contributed by atoms with van der Waals surface area (Å²) in [5, 5.41) is 2.30. The fourth-order valence-electron chi connectivity index (χ4n) is 4.18. The maximum atomic E-state index is 15.0. The Hall–Kier alpha value is -4.00. The van der Waals surface area contributed by atoms with Crippen LogP contribution >= 0.6 is 7.82 Å². The summed E-state index contributed by atoms with van der Waals surface area (Å²) in [5.41, 5.74) is -0.829. The average molecular weight is 585 g/mol. The minimum atomic E-state index is -5.19. The van der Waals surface area contributed by atoms with E-state index in [0.717, 1.165) is 4.90 Å². The lowest BCUT2D eigenvalue weighted by molar-refractivity contribution is 0.0950. The highest BCUT2D eigenvalue weighted by atomic mass is 31.2. The van der Waals surface area contributed by atoms with Gasteiger partial charge in [0, 0.05) is 42.4 Å². The molecule has 1 aliphatic heterocycles. The zero-order valence-corrected chi connectivity index (χ0v) is 21.7. The van der Waals surface area contributed by atoms with Gasteiger partial charge in [0.25, 0.3) is 5.91 Å². The molecule has 1 aliphatic rings. The van der Waals surface area contributed by atoms with Gasteiger partial charge in [0.1, 0.15) is 23.3 Å². The normalized spacial score (nSPS) is 15.2. The van der Waals surface area contributed by atoms with Crippen LogP contribution < -0.4 is 14.7 Å². The molecule has 0 spiro atoms. The number of hydrogen-bond donors (Lipinski definition) is 3. The van der Waals surface area contributed by atoms with Gasteiger partial charge < -0.3 is 14.7 Å². The van der Waals surface area contributed by atoms with Crippen LogP contribution in [0.2, 0.25) is 0 Å². The van der Waals surface area contributed by atoms with Gasteiger partial charge in [-0.25, -0.2) is 31.3 Å².